The van der Waals surface area contributed by atoms with Crippen molar-refractivity contribution < 1.29 is 18.8 Å². The number of hydrogen-bond donors (Lipinski definition) is 1. The van der Waals surface area contributed by atoms with Gasteiger partial charge < -0.3 is 19.3 Å². The van der Waals surface area contributed by atoms with Crippen LogP contribution in [0.15, 0.2) is 53.1 Å². The van der Waals surface area contributed by atoms with Crippen LogP contribution in [0.1, 0.15) is 16.1 Å². The number of ether oxygens (including phenoxy) is 2. The van der Waals surface area contributed by atoms with Crippen molar-refractivity contribution in [3.8, 4) is 22.8 Å². The number of nitrogens with zero attached hydrogens (tertiary/aromatic N) is 1. The Labute approximate surface area is 138 Å². The molecule has 0 saturated heterocycles. The molecule has 0 radical (unpaired) electrons. The second kappa shape index (κ2) is 5.73. The first-order chi connectivity index (χ1) is 11.8. The molecular formula is C18H14N2O4. The van der Waals surface area contributed by atoms with Gasteiger partial charge in [0.05, 0.1) is 18.2 Å². The normalized spacial score (nSPS) is 11.9. The van der Waals surface area contributed by atoms with E-state index in [-0.39, 0.29) is 18.2 Å². The number of methoxy groups -OCH3 is 1. The van der Waals surface area contributed by atoms with Gasteiger partial charge in [-0.1, -0.05) is 17.3 Å². The molecule has 0 bridgehead atoms. The number of anilines is 1. The van der Waals surface area contributed by atoms with Crippen molar-refractivity contribution in [1.82, 2.24) is 5.16 Å². The summed E-state index contributed by atoms with van der Waals surface area (Å²) in [5.41, 5.74) is 2.33. The number of aromatic nitrogens is 1. The molecule has 4 rings (SSSR count). The van der Waals surface area contributed by atoms with Gasteiger partial charge >= 0.3 is 0 Å². The Morgan fingerprint density at radius 1 is 1.17 bits per heavy atom. The average Bonchev–Trinajstić information content (AvgIpc) is 3.07. The molecule has 0 saturated carbocycles. The SMILES string of the molecule is COc1ccc(NC(=O)c2noc3c2COc2ccccc2-3)cc1. The van der Waals surface area contributed by atoms with Crippen molar-refractivity contribution in [2.75, 3.05) is 12.4 Å². The molecule has 1 aliphatic rings. The molecule has 24 heavy (non-hydrogen) atoms. The maximum atomic E-state index is 12.5. The molecule has 0 atom stereocenters. The van der Waals surface area contributed by atoms with Crippen molar-refractivity contribution in [3.63, 3.8) is 0 Å². The lowest BCUT2D eigenvalue weighted by Crippen LogP contribution is -2.16. The second-order valence-corrected chi connectivity index (χ2v) is 5.31. The maximum absolute atomic E-state index is 12.5. The summed E-state index contributed by atoms with van der Waals surface area (Å²) in [5.74, 6) is 1.69. The van der Waals surface area contributed by atoms with Gasteiger partial charge in [0, 0.05) is 5.69 Å². The smallest absolute Gasteiger partial charge is 0.278 e. The van der Waals surface area contributed by atoms with Gasteiger partial charge in [-0.2, -0.15) is 0 Å². The summed E-state index contributed by atoms with van der Waals surface area (Å²) < 4.78 is 16.2. The molecule has 6 nitrogen and oxygen atoms in total. The van der Waals surface area contributed by atoms with Crippen LogP contribution in [-0.2, 0) is 6.61 Å². The van der Waals surface area contributed by atoms with Crippen LogP contribution in [0.3, 0.4) is 0 Å². The summed E-state index contributed by atoms with van der Waals surface area (Å²) in [7, 11) is 1.59. The molecule has 1 aliphatic heterocycles. The van der Waals surface area contributed by atoms with Crippen LogP contribution in [0, 0.1) is 0 Å². The monoisotopic (exact) mass is 322 g/mol. The molecule has 0 unspecified atom stereocenters. The average molecular weight is 322 g/mol. The quantitative estimate of drug-likeness (QED) is 0.799. The third-order valence-corrected chi connectivity index (χ3v) is 3.85. The van der Waals surface area contributed by atoms with Crippen LogP contribution in [0.25, 0.3) is 11.3 Å². The molecular weight excluding hydrogens is 308 g/mol. The molecule has 0 aliphatic carbocycles. The Morgan fingerprint density at radius 2 is 1.96 bits per heavy atom. The Kier molecular flexibility index (Phi) is 3.42. The highest BCUT2D eigenvalue weighted by Gasteiger charge is 2.28. The van der Waals surface area contributed by atoms with Crippen LogP contribution >= 0.6 is 0 Å². The van der Waals surface area contributed by atoms with Crippen LogP contribution in [0.2, 0.25) is 0 Å². The van der Waals surface area contributed by atoms with E-state index in [4.69, 9.17) is 14.0 Å². The van der Waals surface area contributed by atoms with E-state index in [1.807, 2.05) is 24.3 Å². The summed E-state index contributed by atoms with van der Waals surface area (Å²) in [4.78, 5) is 12.5. The lowest BCUT2D eigenvalue weighted by molar-refractivity contribution is 0.101. The highest BCUT2D eigenvalue weighted by Crippen LogP contribution is 2.38. The van der Waals surface area contributed by atoms with Crippen molar-refractivity contribution in [1.29, 1.82) is 0 Å². The van der Waals surface area contributed by atoms with Crippen molar-refractivity contribution in [2.45, 2.75) is 6.61 Å². The highest BCUT2D eigenvalue weighted by atomic mass is 16.5. The predicted octanol–water partition coefficient (Wildman–Crippen LogP) is 3.49. The van der Waals surface area contributed by atoms with E-state index in [1.54, 1.807) is 31.4 Å². The zero-order chi connectivity index (χ0) is 16.5. The molecule has 120 valence electrons. The molecule has 2 heterocycles. The van der Waals surface area contributed by atoms with Crippen molar-refractivity contribution in [3.05, 3.63) is 59.8 Å². The van der Waals surface area contributed by atoms with Crippen LogP contribution in [0.4, 0.5) is 5.69 Å². The number of amides is 1. The number of para-hydroxylation sites is 1. The predicted molar refractivity (Wildman–Crippen MR) is 87.2 cm³/mol. The van der Waals surface area contributed by atoms with Crippen LogP contribution in [-0.4, -0.2) is 18.2 Å². The van der Waals surface area contributed by atoms with E-state index < -0.39 is 0 Å². The Hall–Kier alpha value is -3.28. The first-order valence-corrected chi connectivity index (χ1v) is 7.42. The molecule has 3 aromatic rings. The Bertz CT molecular complexity index is 900. The fourth-order valence-corrected chi connectivity index (χ4v) is 2.63. The van der Waals surface area contributed by atoms with E-state index in [2.05, 4.69) is 10.5 Å². The lowest BCUT2D eigenvalue weighted by atomic mass is 10.0. The van der Waals surface area contributed by atoms with Gasteiger partial charge in [0.2, 0.25) is 0 Å². The fourth-order valence-electron chi connectivity index (χ4n) is 2.63. The summed E-state index contributed by atoms with van der Waals surface area (Å²) in [6.07, 6.45) is 0. The summed E-state index contributed by atoms with van der Waals surface area (Å²) in [6, 6.07) is 14.6. The van der Waals surface area contributed by atoms with Gasteiger partial charge in [-0.3, -0.25) is 4.79 Å². The summed E-state index contributed by atoms with van der Waals surface area (Å²) >= 11 is 0. The van der Waals surface area contributed by atoms with Gasteiger partial charge in [0.15, 0.2) is 11.5 Å². The van der Waals surface area contributed by atoms with Crippen LogP contribution < -0.4 is 14.8 Å². The van der Waals surface area contributed by atoms with E-state index >= 15 is 0 Å². The molecule has 1 amide bonds. The van der Waals surface area contributed by atoms with Gasteiger partial charge in [-0.05, 0) is 36.4 Å². The Balaban J connectivity index is 1.62. The van der Waals surface area contributed by atoms with Gasteiger partial charge in [0.25, 0.3) is 5.91 Å². The number of carbonyl (C=O) groups excluding carboxylic acids is 1. The largest absolute Gasteiger partial charge is 0.497 e. The molecule has 6 heteroatoms. The number of carbonyl (C=O) groups is 1. The Morgan fingerprint density at radius 3 is 2.75 bits per heavy atom. The maximum Gasteiger partial charge on any atom is 0.278 e. The topological polar surface area (TPSA) is 73.6 Å². The lowest BCUT2D eigenvalue weighted by Gasteiger charge is -2.15. The number of rotatable bonds is 3. The van der Waals surface area contributed by atoms with E-state index in [0.29, 0.717) is 17.0 Å². The summed E-state index contributed by atoms with van der Waals surface area (Å²) in [6.45, 7) is 0.251. The zero-order valence-corrected chi connectivity index (χ0v) is 12.9. The minimum Gasteiger partial charge on any atom is -0.497 e. The van der Waals surface area contributed by atoms with Crippen molar-refractivity contribution >= 4 is 11.6 Å². The fraction of sp³-hybridized carbons (Fsp3) is 0.111. The zero-order valence-electron chi connectivity index (χ0n) is 12.9. The first kappa shape index (κ1) is 14.3. The number of benzene rings is 2. The van der Waals surface area contributed by atoms with E-state index in [1.165, 1.54) is 0 Å². The van der Waals surface area contributed by atoms with Crippen LogP contribution in [0.5, 0.6) is 11.5 Å². The van der Waals surface area contributed by atoms with Gasteiger partial charge in [0.1, 0.15) is 18.1 Å². The van der Waals surface area contributed by atoms with Gasteiger partial charge in [-0.15, -0.1) is 0 Å². The summed E-state index contributed by atoms with van der Waals surface area (Å²) in [5, 5.41) is 6.73. The minimum absolute atomic E-state index is 0.232. The standard InChI is InChI=1S/C18H14N2O4/c1-22-12-8-6-11(7-9-12)19-18(21)16-14-10-23-15-5-3-2-4-13(15)17(14)24-20-16/h2-9H,10H2,1H3,(H,19,21). The molecule has 1 N–H and O–H groups in total. The highest BCUT2D eigenvalue weighted by molar-refractivity contribution is 6.04. The molecule has 0 fully saturated rings. The number of fused-ring (bicyclic) bond motifs is 3. The second-order valence-electron chi connectivity index (χ2n) is 5.31. The van der Waals surface area contributed by atoms with Gasteiger partial charge in [-0.25, -0.2) is 0 Å². The molecule has 2 aromatic carbocycles. The number of hydrogen-bond acceptors (Lipinski definition) is 5. The number of nitrogens with one attached hydrogen (secondary N) is 1. The van der Waals surface area contributed by atoms with E-state index in [0.717, 1.165) is 17.1 Å². The third-order valence-electron chi connectivity index (χ3n) is 3.85. The minimum atomic E-state index is -0.340. The third kappa shape index (κ3) is 2.38. The molecule has 1 aromatic heterocycles. The van der Waals surface area contributed by atoms with Crippen molar-refractivity contribution in [2.24, 2.45) is 0 Å². The van der Waals surface area contributed by atoms with E-state index in [9.17, 15) is 4.79 Å². The first-order valence-electron chi connectivity index (χ1n) is 7.42. The molecule has 0 spiro atoms.